The molecule has 5 nitrogen and oxygen atoms in total. The molecule has 146 valence electrons. The monoisotopic (exact) mass is 375 g/mol. The summed E-state index contributed by atoms with van der Waals surface area (Å²) in [6.45, 7) is 7.30. The van der Waals surface area contributed by atoms with Crippen molar-refractivity contribution >= 4 is 5.69 Å². The Morgan fingerprint density at radius 2 is 1.75 bits per heavy atom. The fraction of sp³-hybridized carbons (Fsp3) is 0.391. The van der Waals surface area contributed by atoms with Gasteiger partial charge in [0.15, 0.2) is 0 Å². The lowest BCUT2D eigenvalue weighted by Gasteiger charge is -2.38. The van der Waals surface area contributed by atoms with E-state index in [2.05, 4.69) is 70.3 Å². The van der Waals surface area contributed by atoms with Crippen LogP contribution in [-0.2, 0) is 6.54 Å². The van der Waals surface area contributed by atoms with Crippen molar-refractivity contribution in [1.29, 1.82) is 0 Å². The number of piperidine rings is 1. The van der Waals surface area contributed by atoms with Gasteiger partial charge in [-0.3, -0.25) is 9.88 Å². The van der Waals surface area contributed by atoms with Crippen LogP contribution >= 0.6 is 0 Å². The third kappa shape index (κ3) is 4.09. The van der Waals surface area contributed by atoms with Crippen molar-refractivity contribution in [3.8, 4) is 5.69 Å². The zero-order chi connectivity index (χ0) is 19.5. The standard InChI is InChI=1S/C23H29N5/c1-18-15-19(2)28(25-18)23-8-6-22(7-9-23)27-13-10-21(11-14-27)26(3)17-20-5-4-12-24-16-20/h4-9,12,15-16,21H,10-11,13-14,17H2,1-3H3. The summed E-state index contributed by atoms with van der Waals surface area (Å²) in [7, 11) is 2.23. The number of pyridine rings is 1. The summed E-state index contributed by atoms with van der Waals surface area (Å²) >= 11 is 0. The highest BCUT2D eigenvalue weighted by atomic mass is 15.3. The van der Waals surface area contributed by atoms with Crippen LogP contribution in [0.2, 0.25) is 0 Å². The van der Waals surface area contributed by atoms with Gasteiger partial charge in [-0.25, -0.2) is 4.68 Å². The molecule has 28 heavy (non-hydrogen) atoms. The number of nitrogens with zero attached hydrogens (tertiary/aromatic N) is 5. The molecule has 3 aromatic rings. The summed E-state index contributed by atoms with van der Waals surface area (Å²) in [5.74, 6) is 0. The Morgan fingerprint density at radius 3 is 2.36 bits per heavy atom. The second-order valence-corrected chi connectivity index (χ2v) is 7.85. The molecule has 0 atom stereocenters. The molecule has 1 saturated heterocycles. The summed E-state index contributed by atoms with van der Waals surface area (Å²) in [5.41, 5.74) is 5.94. The molecule has 4 rings (SSSR count). The number of rotatable bonds is 5. The molecule has 0 N–H and O–H groups in total. The van der Waals surface area contributed by atoms with Gasteiger partial charge in [0.25, 0.3) is 0 Å². The third-order valence-corrected chi connectivity index (χ3v) is 5.71. The maximum atomic E-state index is 4.58. The first-order valence-corrected chi connectivity index (χ1v) is 10.1. The van der Waals surface area contributed by atoms with Crippen molar-refractivity contribution in [1.82, 2.24) is 19.7 Å². The Kier molecular flexibility index (Phi) is 5.44. The van der Waals surface area contributed by atoms with E-state index < -0.39 is 0 Å². The summed E-state index contributed by atoms with van der Waals surface area (Å²) in [6.07, 6.45) is 6.18. The van der Waals surface area contributed by atoms with E-state index in [0.29, 0.717) is 6.04 Å². The van der Waals surface area contributed by atoms with Crippen LogP contribution in [0.4, 0.5) is 5.69 Å². The second kappa shape index (κ2) is 8.15. The molecular formula is C23H29N5. The fourth-order valence-electron chi connectivity index (χ4n) is 4.17. The van der Waals surface area contributed by atoms with Crippen molar-refractivity contribution < 1.29 is 0 Å². The largest absolute Gasteiger partial charge is 0.371 e. The highest BCUT2D eigenvalue weighted by Gasteiger charge is 2.22. The number of benzene rings is 1. The van der Waals surface area contributed by atoms with E-state index >= 15 is 0 Å². The van der Waals surface area contributed by atoms with Gasteiger partial charge in [0.1, 0.15) is 0 Å². The van der Waals surface area contributed by atoms with Crippen LogP contribution in [0.25, 0.3) is 5.69 Å². The van der Waals surface area contributed by atoms with Gasteiger partial charge in [-0.1, -0.05) is 6.07 Å². The third-order valence-electron chi connectivity index (χ3n) is 5.71. The SMILES string of the molecule is Cc1cc(C)n(-c2ccc(N3CCC(N(C)Cc4cccnc4)CC3)cc2)n1. The molecule has 3 heterocycles. The summed E-state index contributed by atoms with van der Waals surface area (Å²) in [4.78, 5) is 9.20. The zero-order valence-electron chi connectivity index (χ0n) is 17.0. The van der Waals surface area contributed by atoms with Crippen molar-refractivity contribution in [3.63, 3.8) is 0 Å². The highest BCUT2D eigenvalue weighted by molar-refractivity contribution is 5.51. The molecular weight excluding hydrogens is 346 g/mol. The maximum Gasteiger partial charge on any atom is 0.0650 e. The number of aromatic nitrogens is 3. The van der Waals surface area contributed by atoms with Gasteiger partial charge >= 0.3 is 0 Å². The summed E-state index contributed by atoms with van der Waals surface area (Å²) in [5, 5.41) is 4.58. The molecule has 0 spiro atoms. The molecule has 0 radical (unpaired) electrons. The van der Waals surface area contributed by atoms with Crippen LogP contribution in [0.5, 0.6) is 0 Å². The fourth-order valence-corrected chi connectivity index (χ4v) is 4.17. The van der Waals surface area contributed by atoms with E-state index in [-0.39, 0.29) is 0 Å². The Bertz CT molecular complexity index is 893. The van der Waals surface area contributed by atoms with Crippen molar-refractivity contribution in [2.75, 3.05) is 25.0 Å². The molecule has 1 aliphatic heterocycles. The molecule has 0 saturated carbocycles. The van der Waals surface area contributed by atoms with Crippen molar-refractivity contribution in [2.45, 2.75) is 39.3 Å². The van der Waals surface area contributed by atoms with Crippen LogP contribution in [0, 0.1) is 13.8 Å². The van der Waals surface area contributed by atoms with Gasteiger partial charge in [-0.05, 0) is 75.7 Å². The van der Waals surface area contributed by atoms with E-state index in [1.54, 1.807) is 0 Å². The average Bonchev–Trinajstić information content (AvgIpc) is 3.07. The van der Waals surface area contributed by atoms with Crippen LogP contribution < -0.4 is 4.90 Å². The van der Waals surface area contributed by atoms with Gasteiger partial charge in [0.05, 0.1) is 11.4 Å². The number of hydrogen-bond acceptors (Lipinski definition) is 4. The summed E-state index contributed by atoms with van der Waals surface area (Å²) < 4.78 is 2.01. The highest BCUT2D eigenvalue weighted by Crippen LogP contribution is 2.24. The van der Waals surface area contributed by atoms with Gasteiger partial charge in [0.2, 0.25) is 0 Å². The first kappa shape index (κ1) is 18.7. The topological polar surface area (TPSA) is 37.2 Å². The number of hydrogen-bond donors (Lipinski definition) is 0. The minimum Gasteiger partial charge on any atom is -0.371 e. The van der Waals surface area contributed by atoms with Crippen molar-refractivity contribution in [3.05, 3.63) is 71.8 Å². The van der Waals surface area contributed by atoms with Gasteiger partial charge in [-0.2, -0.15) is 5.10 Å². The lowest BCUT2D eigenvalue weighted by atomic mass is 10.0. The van der Waals surface area contributed by atoms with Crippen LogP contribution in [-0.4, -0.2) is 45.8 Å². The van der Waals surface area contributed by atoms with Crippen molar-refractivity contribution in [2.24, 2.45) is 0 Å². The van der Waals surface area contributed by atoms with E-state index in [0.717, 1.165) is 31.0 Å². The first-order valence-electron chi connectivity index (χ1n) is 10.1. The Balaban J connectivity index is 1.35. The van der Waals surface area contributed by atoms with Gasteiger partial charge in [0, 0.05) is 49.5 Å². The number of anilines is 1. The van der Waals surface area contributed by atoms with E-state index in [1.165, 1.54) is 29.8 Å². The smallest absolute Gasteiger partial charge is 0.0650 e. The predicted octanol–water partition coefficient (Wildman–Crippen LogP) is 3.98. The average molecular weight is 376 g/mol. The van der Waals surface area contributed by atoms with E-state index in [1.807, 2.05) is 30.1 Å². The minimum atomic E-state index is 0.630. The Morgan fingerprint density at radius 1 is 1.04 bits per heavy atom. The van der Waals surface area contributed by atoms with E-state index in [9.17, 15) is 0 Å². The van der Waals surface area contributed by atoms with Gasteiger partial charge in [-0.15, -0.1) is 0 Å². The Labute approximate surface area is 167 Å². The Hall–Kier alpha value is -2.66. The zero-order valence-corrected chi connectivity index (χ0v) is 17.0. The first-order chi connectivity index (χ1) is 13.6. The molecule has 1 aliphatic rings. The van der Waals surface area contributed by atoms with E-state index in [4.69, 9.17) is 0 Å². The second-order valence-electron chi connectivity index (χ2n) is 7.85. The quantitative estimate of drug-likeness (QED) is 0.676. The molecule has 0 unspecified atom stereocenters. The van der Waals surface area contributed by atoms with Crippen LogP contribution in [0.15, 0.2) is 54.9 Å². The molecule has 0 bridgehead atoms. The molecule has 0 aliphatic carbocycles. The predicted molar refractivity (Wildman–Crippen MR) is 114 cm³/mol. The molecule has 1 aromatic carbocycles. The van der Waals surface area contributed by atoms with Crippen LogP contribution in [0.3, 0.4) is 0 Å². The van der Waals surface area contributed by atoms with Gasteiger partial charge < -0.3 is 4.90 Å². The lowest BCUT2D eigenvalue weighted by Crippen LogP contribution is -2.43. The van der Waals surface area contributed by atoms with Crippen LogP contribution in [0.1, 0.15) is 29.8 Å². The molecule has 2 aromatic heterocycles. The molecule has 1 fully saturated rings. The molecule has 0 amide bonds. The maximum absolute atomic E-state index is 4.58. The minimum absolute atomic E-state index is 0.630. The lowest BCUT2D eigenvalue weighted by molar-refractivity contribution is 0.200. The molecule has 5 heteroatoms. The summed E-state index contributed by atoms with van der Waals surface area (Å²) in [6, 6.07) is 15.7. The normalized spacial score (nSPS) is 15.4. The number of aryl methyl sites for hydroxylation is 2.